The highest BCUT2D eigenvalue weighted by Gasteiger charge is 2.30. The summed E-state index contributed by atoms with van der Waals surface area (Å²) in [5.41, 5.74) is 0. The second-order valence-corrected chi connectivity index (χ2v) is 11.0. The summed E-state index contributed by atoms with van der Waals surface area (Å²) in [6, 6.07) is 4.72. The van der Waals surface area contributed by atoms with E-state index >= 15 is 0 Å². The van der Waals surface area contributed by atoms with Crippen LogP contribution in [0.2, 0.25) is 0 Å². The van der Waals surface area contributed by atoms with Gasteiger partial charge in [0, 0.05) is 51.2 Å². The van der Waals surface area contributed by atoms with Gasteiger partial charge >= 0.3 is 0 Å². The molecule has 9 heteroatoms. The van der Waals surface area contributed by atoms with E-state index in [1.807, 2.05) is 6.07 Å². The Bertz CT molecular complexity index is 754. The predicted molar refractivity (Wildman–Crippen MR) is 111 cm³/mol. The van der Waals surface area contributed by atoms with Crippen molar-refractivity contribution in [1.82, 2.24) is 19.8 Å². The van der Waals surface area contributed by atoms with Crippen LogP contribution in [-0.2, 0) is 16.6 Å². The van der Waals surface area contributed by atoms with E-state index in [0.29, 0.717) is 16.8 Å². The maximum atomic E-state index is 12.2. The largest absolute Gasteiger partial charge is 0.352 e. The summed E-state index contributed by atoms with van der Waals surface area (Å²) < 4.78 is 26.0. The normalized spacial score (nSPS) is 22.7. The fourth-order valence-electron chi connectivity index (χ4n) is 3.84. The van der Waals surface area contributed by atoms with Crippen molar-refractivity contribution >= 4 is 27.3 Å². The van der Waals surface area contributed by atoms with Gasteiger partial charge in [-0.05, 0) is 31.4 Å². The molecule has 2 aliphatic rings. The van der Waals surface area contributed by atoms with Crippen LogP contribution >= 0.6 is 11.3 Å². The molecule has 1 atom stereocenters. The van der Waals surface area contributed by atoms with Crippen LogP contribution in [0.25, 0.3) is 0 Å². The number of hydrogen-bond donors (Lipinski definition) is 2. The van der Waals surface area contributed by atoms with E-state index in [1.165, 1.54) is 41.3 Å². The molecule has 1 unspecified atom stereocenters. The first-order chi connectivity index (χ1) is 12.9. The number of nitrogens with one attached hydrogen (secondary N) is 2. The Morgan fingerprint density at radius 1 is 1.30 bits per heavy atom. The fraction of sp³-hybridized carbons (Fsp3) is 0.722. The van der Waals surface area contributed by atoms with Crippen molar-refractivity contribution in [2.45, 2.75) is 54.9 Å². The van der Waals surface area contributed by atoms with Crippen LogP contribution in [0, 0.1) is 0 Å². The van der Waals surface area contributed by atoms with Gasteiger partial charge in [0.15, 0.2) is 5.96 Å². The molecule has 27 heavy (non-hydrogen) atoms. The summed E-state index contributed by atoms with van der Waals surface area (Å²) in [5, 5.41) is 6.83. The summed E-state index contributed by atoms with van der Waals surface area (Å²) in [6.07, 6.45) is 6.57. The number of likely N-dealkylation sites (tertiary alicyclic amines) is 1. The van der Waals surface area contributed by atoms with Gasteiger partial charge in [-0.1, -0.05) is 12.8 Å². The van der Waals surface area contributed by atoms with Crippen molar-refractivity contribution in [3.05, 3.63) is 17.0 Å². The highest BCUT2D eigenvalue weighted by molar-refractivity contribution is 7.91. The molecule has 1 aromatic heterocycles. The summed E-state index contributed by atoms with van der Waals surface area (Å²) in [4.78, 5) is 7.92. The van der Waals surface area contributed by atoms with Crippen molar-refractivity contribution in [2.24, 2.45) is 4.99 Å². The monoisotopic (exact) mass is 413 g/mol. The molecule has 1 saturated heterocycles. The second-order valence-electron chi connectivity index (χ2n) is 7.50. The molecule has 0 bridgehead atoms. The molecule has 2 fully saturated rings. The van der Waals surface area contributed by atoms with Gasteiger partial charge in [0.1, 0.15) is 4.21 Å². The van der Waals surface area contributed by atoms with Gasteiger partial charge in [0.2, 0.25) is 0 Å². The van der Waals surface area contributed by atoms with E-state index in [1.54, 1.807) is 27.2 Å². The van der Waals surface area contributed by atoms with E-state index in [4.69, 9.17) is 0 Å². The van der Waals surface area contributed by atoms with E-state index in [9.17, 15) is 8.42 Å². The number of guanidine groups is 1. The number of hydrogen-bond acceptors (Lipinski definition) is 5. The molecule has 0 radical (unpaired) electrons. The molecule has 0 spiro atoms. The lowest BCUT2D eigenvalue weighted by atomic mass is 10.2. The van der Waals surface area contributed by atoms with E-state index < -0.39 is 10.0 Å². The first-order valence-electron chi connectivity index (χ1n) is 9.62. The minimum atomic E-state index is -3.36. The van der Waals surface area contributed by atoms with Crippen LogP contribution < -0.4 is 10.6 Å². The predicted octanol–water partition coefficient (Wildman–Crippen LogP) is 1.68. The fourth-order valence-corrected chi connectivity index (χ4v) is 6.30. The van der Waals surface area contributed by atoms with Gasteiger partial charge in [-0.3, -0.25) is 9.89 Å². The van der Waals surface area contributed by atoms with Gasteiger partial charge in [-0.2, -0.15) is 0 Å². The van der Waals surface area contributed by atoms with Crippen molar-refractivity contribution in [3.8, 4) is 0 Å². The highest BCUT2D eigenvalue weighted by atomic mass is 32.2. The molecular weight excluding hydrogens is 382 g/mol. The first kappa shape index (κ1) is 20.6. The summed E-state index contributed by atoms with van der Waals surface area (Å²) in [7, 11) is 1.51. The molecule has 0 amide bonds. The van der Waals surface area contributed by atoms with Gasteiger partial charge in [0.25, 0.3) is 10.0 Å². The minimum Gasteiger partial charge on any atom is -0.352 e. The molecule has 2 heterocycles. The topological polar surface area (TPSA) is 77.0 Å². The molecule has 7 nitrogen and oxygen atoms in total. The van der Waals surface area contributed by atoms with Crippen molar-refractivity contribution in [1.29, 1.82) is 0 Å². The number of rotatable bonds is 6. The van der Waals surface area contributed by atoms with Crippen LogP contribution in [0.4, 0.5) is 0 Å². The van der Waals surface area contributed by atoms with Gasteiger partial charge in [-0.25, -0.2) is 12.7 Å². The van der Waals surface area contributed by atoms with Crippen molar-refractivity contribution in [3.63, 3.8) is 0 Å². The SMILES string of the molecule is CN=C(NCc1ccc(S(=O)(=O)N(C)C)s1)NC1CCN(C2CCCC2)C1. The second kappa shape index (κ2) is 8.89. The average molecular weight is 414 g/mol. The number of sulfonamides is 1. The zero-order valence-electron chi connectivity index (χ0n) is 16.4. The molecule has 1 aromatic rings. The Morgan fingerprint density at radius 3 is 2.70 bits per heavy atom. The molecule has 1 aliphatic carbocycles. The van der Waals surface area contributed by atoms with Crippen LogP contribution in [0.3, 0.4) is 0 Å². The first-order valence-corrected chi connectivity index (χ1v) is 11.9. The Labute approximate surface area is 166 Å². The molecule has 1 saturated carbocycles. The Hall–Kier alpha value is -1.16. The van der Waals surface area contributed by atoms with Crippen LogP contribution in [0.15, 0.2) is 21.3 Å². The van der Waals surface area contributed by atoms with Crippen molar-refractivity contribution in [2.75, 3.05) is 34.2 Å². The molecule has 1 aliphatic heterocycles. The smallest absolute Gasteiger partial charge is 0.252 e. The zero-order valence-corrected chi connectivity index (χ0v) is 18.1. The van der Waals surface area contributed by atoms with Crippen LogP contribution in [0.5, 0.6) is 0 Å². The number of thiophene rings is 1. The van der Waals surface area contributed by atoms with Gasteiger partial charge in [-0.15, -0.1) is 11.3 Å². The third-order valence-corrected chi connectivity index (χ3v) is 8.79. The molecular formula is C18H31N5O2S2. The van der Waals surface area contributed by atoms with E-state index in [2.05, 4.69) is 20.5 Å². The quantitative estimate of drug-likeness (QED) is 0.548. The minimum absolute atomic E-state index is 0.371. The lowest BCUT2D eigenvalue weighted by molar-refractivity contribution is 0.242. The molecule has 152 valence electrons. The van der Waals surface area contributed by atoms with E-state index in [-0.39, 0.29) is 0 Å². The maximum absolute atomic E-state index is 12.2. The zero-order chi connectivity index (χ0) is 19.4. The molecule has 3 rings (SSSR count). The summed E-state index contributed by atoms with van der Waals surface area (Å²) in [6.45, 7) is 2.80. The standard InChI is InChI=1S/C18H31N5O2S2/c1-19-18(21-14-10-11-23(13-14)15-6-4-5-7-15)20-12-16-8-9-17(26-16)27(24,25)22(2)3/h8-9,14-15H,4-7,10-13H2,1-3H3,(H2,19,20,21). The van der Waals surface area contributed by atoms with Crippen LogP contribution in [-0.4, -0.2) is 69.9 Å². The van der Waals surface area contributed by atoms with Gasteiger partial charge < -0.3 is 10.6 Å². The Balaban J connectivity index is 1.49. The third kappa shape index (κ3) is 5.01. The molecule has 0 aromatic carbocycles. The van der Waals surface area contributed by atoms with Crippen molar-refractivity contribution < 1.29 is 8.42 Å². The third-order valence-electron chi connectivity index (χ3n) is 5.43. The van der Waals surface area contributed by atoms with Crippen LogP contribution in [0.1, 0.15) is 37.0 Å². The van der Waals surface area contributed by atoms with Gasteiger partial charge in [0.05, 0.1) is 6.54 Å². The summed E-state index contributed by atoms with van der Waals surface area (Å²) in [5.74, 6) is 0.777. The Kier molecular flexibility index (Phi) is 6.78. The summed E-state index contributed by atoms with van der Waals surface area (Å²) >= 11 is 1.30. The number of aliphatic imine (C=N–C) groups is 1. The lowest BCUT2D eigenvalue weighted by Crippen LogP contribution is -2.44. The maximum Gasteiger partial charge on any atom is 0.252 e. The van der Waals surface area contributed by atoms with E-state index in [0.717, 1.165) is 36.4 Å². The highest BCUT2D eigenvalue weighted by Crippen LogP contribution is 2.26. The molecule has 2 N–H and O–H groups in total. The Morgan fingerprint density at radius 2 is 2.04 bits per heavy atom. The lowest BCUT2D eigenvalue weighted by Gasteiger charge is -2.24. The average Bonchev–Trinajstić information content (AvgIpc) is 3.39. The number of nitrogens with zero attached hydrogens (tertiary/aromatic N) is 3.